The number of rotatable bonds is 2. The number of nitro groups is 1. The second kappa shape index (κ2) is 4.55. The molecule has 1 aliphatic heterocycles. The van der Waals surface area contributed by atoms with Gasteiger partial charge in [0.05, 0.1) is 14.2 Å². The highest BCUT2D eigenvalue weighted by Gasteiger charge is 2.54. The Kier molecular flexibility index (Phi) is 3.38. The fraction of sp³-hybridized carbons (Fsp3) is 0.571. The molecule has 1 heterocycles. The Morgan fingerprint density at radius 3 is 2.38 bits per heavy atom. The fourth-order valence-corrected chi connectivity index (χ4v) is 1.16. The lowest BCUT2D eigenvalue weighted by Gasteiger charge is -2.09. The van der Waals surface area contributed by atoms with Crippen molar-refractivity contribution in [1.29, 1.82) is 0 Å². The Hall–Kier alpha value is -2.19. The van der Waals surface area contributed by atoms with Crippen LogP contribution < -0.4 is 0 Å². The van der Waals surface area contributed by atoms with Crippen molar-refractivity contribution < 1.29 is 28.8 Å². The van der Waals surface area contributed by atoms with Crippen LogP contribution in [0.2, 0.25) is 0 Å². The van der Waals surface area contributed by atoms with Crippen molar-refractivity contribution >= 4 is 17.8 Å². The topological polar surface area (TPSA) is 117 Å². The van der Waals surface area contributed by atoms with Crippen molar-refractivity contribution in [3.8, 4) is 0 Å². The first-order valence-corrected chi connectivity index (χ1v) is 4.06. The van der Waals surface area contributed by atoms with Crippen LogP contribution in [0.25, 0.3) is 0 Å². The number of carbonyl (C=O) groups excluding carboxylic acids is 2. The van der Waals surface area contributed by atoms with Gasteiger partial charge >= 0.3 is 17.8 Å². The summed E-state index contributed by atoms with van der Waals surface area (Å²) in [5.41, 5.74) is 0. The zero-order valence-corrected chi connectivity index (χ0v) is 8.41. The molecule has 0 aromatic heterocycles. The molecular weight excluding hydrogens is 224 g/mol. The Morgan fingerprint density at radius 1 is 1.38 bits per heavy atom. The van der Waals surface area contributed by atoms with E-state index in [0.29, 0.717) is 0 Å². The summed E-state index contributed by atoms with van der Waals surface area (Å²) in [5, 5.41) is 13.6. The van der Waals surface area contributed by atoms with E-state index < -0.39 is 34.7 Å². The van der Waals surface area contributed by atoms with Crippen LogP contribution in [0, 0.1) is 16.0 Å². The SMILES string of the molecule is COC(=O)[C@@H]1C([N+](=O)[O-])=NO[C@@H]1C(=O)OC. The molecule has 0 amide bonds. The van der Waals surface area contributed by atoms with Crippen molar-refractivity contribution in [2.24, 2.45) is 11.1 Å². The van der Waals surface area contributed by atoms with Crippen LogP contribution in [-0.2, 0) is 23.9 Å². The monoisotopic (exact) mass is 232 g/mol. The summed E-state index contributed by atoms with van der Waals surface area (Å²) >= 11 is 0. The van der Waals surface area contributed by atoms with Crippen LogP contribution >= 0.6 is 0 Å². The zero-order valence-electron chi connectivity index (χ0n) is 8.41. The van der Waals surface area contributed by atoms with E-state index in [0.717, 1.165) is 14.2 Å². The lowest BCUT2D eigenvalue weighted by Crippen LogP contribution is -2.40. The summed E-state index contributed by atoms with van der Waals surface area (Å²) in [5.74, 6) is -4.20. The first kappa shape index (κ1) is 11.9. The lowest BCUT2D eigenvalue weighted by atomic mass is 10.0. The zero-order chi connectivity index (χ0) is 12.3. The predicted molar refractivity (Wildman–Crippen MR) is 46.8 cm³/mol. The lowest BCUT2D eigenvalue weighted by molar-refractivity contribution is -0.355. The summed E-state index contributed by atoms with van der Waals surface area (Å²) in [7, 11) is 2.09. The van der Waals surface area contributed by atoms with E-state index in [-0.39, 0.29) is 0 Å². The third kappa shape index (κ3) is 1.92. The van der Waals surface area contributed by atoms with Gasteiger partial charge in [-0.15, -0.1) is 0 Å². The smallest absolute Gasteiger partial charge is 0.404 e. The molecule has 2 atom stereocenters. The number of oxime groups is 1. The molecule has 9 heteroatoms. The molecule has 1 aliphatic rings. The molecule has 0 radical (unpaired) electrons. The average molecular weight is 232 g/mol. The molecule has 0 fully saturated rings. The van der Waals surface area contributed by atoms with E-state index in [1.54, 1.807) is 0 Å². The molecule has 16 heavy (non-hydrogen) atoms. The number of ether oxygens (including phenoxy) is 2. The average Bonchev–Trinajstić information content (AvgIpc) is 2.71. The minimum absolute atomic E-state index is 0.776. The molecule has 0 saturated carbocycles. The number of esters is 2. The molecule has 9 nitrogen and oxygen atoms in total. The second-order valence-electron chi connectivity index (χ2n) is 2.76. The summed E-state index contributed by atoms with van der Waals surface area (Å²) < 4.78 is 8.65. The molecule has 0 unspecified atom stereocenters. The van der Waals surface area contributed by atoms with Crippen LogP contribution in [0.3, 0.4) is 0 Å². The maximum Gasteiger partial charge on any atom is 0.404 e. The van der Waals surface area contributed by atoms with Crippen LogP contribution in [0.4, 0.5) is 0 Å². The summed E-state index contributed by atoms with van der Waals surface area (Å²) in [6.45, 7) is 0. The third-order valence-electron chi connectivity index (χ3n) is 1.92. The van der Waals surface area contributed by atoms with Gasteiger partial charge in [-0.1, -0.05) is 0 Å². The van der Waals surface area contributed by atoms with Gasteiger partial charge in [-0.25, -0.2) is 4.79 Å². The molecular formula is C7H8N2O7. The van der Waals surface area contributed by atoms with E-state index in [1.807, 2.05) is 0 Å². The summed E-state index contributed by atoms with van der Waals surface area (Å²) in [6.07, 6.45) is -1.47. The molecule has 0 aromatic rings. The van der Waals surface area contributed by atoms with Gasteiger partial charge in [-0.2, -0.15) is 0 Å². The number of hydrogen-bond donors (Lipinski definition) is 0. The van der Waals surface area contributed by atoms with Crippen LogP contribution in [0.15, 0.2) is 5.16 Å². The van der Waals surface area contributed by atoms with Gasteiger partial charge in [-0.3, -0.25) is 9.63 Å². The third-order valence-corrected chi connectivity index (χ3v) is 1.92. The van der Waals surface area contributed by atoms with Gasteiger partial charge in [0.25, 0.3) is 6.10 Å². The maximum absolute atomic E-state index is 11.3. The normalized spacial score (nSPS) is 23.0. The number of nitrogens with zero attached hydrogens (tertiary/aromatic N) is 2. The van der Waals surface area contributed by atoms with Crippen molar-refractivity contribution in [3.05, 3.63) is 10.1 Å². The summed E-state index contributed by atoms with van der Waals surface area (Å²) in [4.78, 5) is 36.5. The van der Waals surface area contributed by atoms with E-state index in [1.165, 1.54) is 0 Å². The Labute approximate surface area is 89.1 Å². The molecule has 0 bridgehead atoms. The number of methoxy groups -OCH3 is 2. The first-order valence-electron chi connectivity index (χ1n) is 4.06. The van der Waals surface area contributed by atoms with Crippen molar-refractivity contribution in [2.45, 2.75) is 6.10 Å². The van der Waals surface area contributed by atoms with E-state index >= 15 is 0 Å². The molecule has 88 valence electrons. The van der Waals surface area contributed by atoms with E-state index in [2.05, 4.69) is 19.5 Å². The number of carbonyl (C=O) groups is 2. The number of hydrogen-bond acceptors (Lipinski definition) is 8. The Balaban J connectivity index is 2.98. The Bertz CT molecular complexity index is 364. The first-order chi connectivity index (χ1) is 7.52. The second-order valence-corrected chi connectivity index (χ2v) is 2.76. The quantitative estimate of drug-likeness (QED) is 0.338. The predicted octanol–water partition coefficient (Wildman–Crippen LogP) is -1.06. The van der Waals surface area contributed by atoms with Gasteiger partial charge in [-0.05, 0) is 4.92 Å². The van der Waals surface area contributed by atoms with Gasteiger partial charge in [0, 0.05) is 0 Å². The molecule has 1 rings (SSSR count). The largest absolute Gasteiger partial charge is 0.468 e. The van der Waals surface area contributed by atoms with E-state index in [4.69, 9.17) is 0 Å². The van der Waals surface area contributed by atoms with Gasteiger partial charge < -0.3 is 19.6 Å². The van der Waals surface area contributed by atoms with Gasteiger partial charge in [0.15, 0.2) is 5.16 Å². The van der Waals surface area contributed by atoms with Crippen molar-refractivity contribution in [1.82, 2.24) is 0 Å². The van der Waals surface area contributed by atoms with Crippen LogP contribution in [-0.4, -0.2) is 43.0 Å². The fourth-order valence-electron chi connectivity index (χ4n) is 1.16. The minimum Gasteiger partial charge on any atom is -0.468 e. The standard InChI is InChI=1S/C7H8N2O7/c1-14-6(10)3-4(7(11)15-2)16-8-5(3)9(12)13/h3-4H,1-2H3/t3-,4-/m0/s1. The maximum atomic E-state index is 11.3. The molecule has 0 aromatic carbocycles. The van der Waals surface area contributed by atoms with Crippen LogP contribution in [0.1, 0.15) is 0 Å². The number of amidine groups is 1. The van der Waals surface area contributed by atoms with Gasteiger partial charge in [0.2, 0.25) is 5.92 Å². The van der Waals surface area contributed by atoms with E-state index in [9.17, 15) is 19.7 Å². The van der Waals surface area contributed by atoms with Gasteiger partial charge in [0.1, 0.15) is 0 Å². The highest BCUT2D eigenvalue weighted by atomic mass is 16.7. The molecule has 0 N–H and O–H groups in total. The summed E-state index contributed by atoms with van der Waals surface area (Å²) in [6, 6.07) is 0. The molecule has 0 spiro atoms. The van der Waals surface area contributed by atoms with Crippen LogP contribution in [0.5, 0.6) is 0 Å². The Morgan fingerprint density at radius 2 is 1.94 bits per heavy atom. The highest BCUT2D eigenvalue weighted by Crippen LogP contribution is 2.21. The van der Waals surface area contributed by atoms with Crippen molar-refractivity contribution in [3.63, 3.8) is 0 Å². The molecule has 0 saturated heterocycles. The highest BCUT2D eigenvalue weighted by molar-refractivity contribution is 6.02. The molecule has 0 aliphatic carbocycles. The minimum atomic E-state index is -1.51. The van der Waals surface area contributed by atoms with Crippen molar-refractivity contribution in [2.75, 3.05) is 14.2 Å².